The maximum Gasteiger partial charge on any atom is 0.267 e. The smallest absolute Gasteiger partial charge is 0.267 e. The van der Waals surface area contributed by atoms with Crippen LogP contribution < -0.4 is 11.1 Å². The number of hydrogen-bond donors (Lipinski definition) is 2. The molecule has 3 N–H and O–H groups in total. The van der Waals surface area contributed by atoms with Gasteiger partial charge in [-0.3, -0.25) is 4.79 Å². The van der Waals surface area contributed by atoms with Gasteiger partial charge in [-0.05, 0) is 42.8 Å². The molecule has 0 spiro atoms. The van der Waals surface area contributed by atoms with E-state index in [4.69, 9.17) is 5.73 Å². The number of aryl methyl sites for hydroxylation is 1. The second-order valence-corrected chi connectivity index (χ2v) is 6.78. The molecule has 0 saturated heterocycles. The van der Waals surface area contributed by atoms with E-state index in [9.17, 15) is 4.79 Å². The third-order valence-electron chi connectivity index (χ3n) is 3.17. The van der Waals surface area contributed by atoms with Gasteiger partial charge in [-0.25, -0.2) is 0 Å². The van der Waals surface area contributed by atoms with Crippen LogP contribution in [-0.2, 0) is 0 Å². The van der Waals surface area contributed by atoms with Gasteiger partial charge in [-0.2, -0.15) is 0 Å². The van der Waals surface area contributed by atoms with Crippen molar-refractivity contribution < 1.29 is 4.79 Å². The fraction of sp³-hybridized carbons (Fsp3) is 0.0625. The summed E-state index contributed by atoms with van der Waals surface area (Å²) in [6.45, 7) is 1.99. The first-order valence-electron chi connectivity index (χ1n) is 6.40. The van der Waals surface area contributed by atoms with Crippen molar-refractivity contribution in [2.75, 3.05) is 11.1 Å². The summed E-state index contributed by atoms with van der Waals surface area (Å²) in [6, 6.07) is 13.5. The number of thiophene rings is 1. The summed E-state index contributed by atoms with van der Waals surface area (Å²) in [6.07, 6.45) is 0. The Hall–Kier alpha value is -1.85. The summed E-state index contributed by atoms with van der Waals surface area (Å²) in [4.78, 5) is 13.0. The molecule has 0 radical (unpaired) electrons. The fourth-order valence-corrected chi connectivity index (χ4v) is 3.53. The van der Waals surface area contributed by atoms with E-state index in [0.29, 0.717) is 10.6 Å². The molecule has 5 heteroatoms. The number of anilines is 2. The Morgan fingerprint density at radius 1 is 1.24 bits per heavy atom. The molecule has 21 heavy (non-hydrogen) atoms. The van der Waals surface area contributed by atoms with Gasteiger partial charge in [-0.1, -0.05) is 28.1 Å². The Bertz CT molecular complexity index is 841. The molecule has 3 aromatic rings. The molecule has 0 fully saturated rings. The van der Waals surface area contributed by atoms with Crippen molar-refractivity contribution in [3.8, 4) is 0 Å². The minimum atomic E-state index is -0.171. The molecule has 0 bridgehead atoms. The van der Waals surface area contributed by atoms with E-state index in [0.717, 1.165) is 25.8 Å². The van der Waals surface area contributed by atoms with Crippen molar-refractivity contribution in [3.05, 3.63) is 57.4 Å². The molecule has 0 aliphatic heterocycles. The Morgan fingerprint density at radius 2 is 2.05 bits per heavy atom. The van der Waals surface area contributed by atoms with Crippen LogP contribution in [0.15, 0.2) is 46.9 Å². The van der Waals surface area contributed by atoms with Crippen molar-refractivity contribution in [1.82, 2.24) is 0 Å². The first-order chi connectivity index (χ1) is 10.0. The maximum atomic E-state index is 12.4. The van der Waals surface area contributed by atoms with Gasteiger partial charge in [0.15, 0.2) is 0 Å². The Balaban J connectivity index is 1.96. The van der Waals surface area contributed by atoms with Gasteiger partial charge >= 0.3 is 0 Å². The van der Waals surface area contributed by atoms with Crippen molar-refractivity contribution in [2.45, 2.75) is 6.92 Å². The number of carbonyl (C=O) groups is 1. The molecule has 106 valence electrons. The highest BCUT2D eigenvalue weighted by molar-refractivity contribution is 9.10. The van der Waals surface area contributed by atoms with E-state index >= 15 is 0 Å². The lowest BCUT2D eigenvalue weighted by atomic mass is 10.2. The summed E-state index contributed by atoms with van der Waals surface area (Å²) in [7, 11) is 0. The molecule has 1 heterocycles. The van der Waals surface area contributed by atoms with E-state index in [-0.39, 0.29) is 5.91 Å². The summed E-state index contributed by atoms with van der Waals surface area (Å²) in [5, 5.41) is 3.80. The van der Waals surface area contributed by atoms with Crippen LogP contribution >= 0.6 is 27.3 Å². The number of benzene rings is 2. The lowest BCUT2D eigenvalue weighted by Gasteiger charge is -2.05. The van der Waals surface area contributed by atoms with Gasteiger partial charge in [0.1, 0.15) is 4.88 Å². The molecular formula is C16H13BrN2OS. The molecular weight excluding hydrogens is 348 g/mol. The molecule has 0 saturated carbocycles. The van der Waals surface area contributed by atoms with Gasteiger partial charge < -0.3 is 11.1 Å². The zero-order valence-electron chi connectivity index (χ0n) is 11.3. The minimum absolute atomic E-state index is 0.171. The standard InChI is InChI=1S/C16H13BrN2OS/c1-9-3-2-4-11(7-9)19-16(20)15-14(18)12-8-10(17)5-6-13(12)21-15/h2-8H,18H2,1H3,(H,19,20). The van der Waals surface area contributed by atoms with E-state index in [1.807, 2.05) is 49.4 Å². The van der Waals surface area contributed by atoms with Crippen LogP contribution in [-0.4, -0.2) is 5.91 Å². The van der Waals surface area contributed by atoms with Gasteiger partial charge in [0, 0.05) is 20.2 Å². The van der Waals surface area contributed by atoms with Gasteiger partial charge in [-0.15, -0.1) is 11.3 Å². The zero-order chi connectivity index (χ0) is 15.0. The third-order valence-corrected chi connectivity index (χ3v) is 4.85. The second-order valence-electron chi connectivity index (χ2n) is 4.81. The summed E-state index contributed by atoms with van der Waals surface area (Å²) >= 11 is 4.83. The SMILES string of the molecule is Cc1cccc(NC(=O)c2sc3ccc(Br)cc3c2N)c1. The van der Waals surface area contributed by atoms with E-state index in [2.05, 4.69) is 21.2 Å². The second kappa shape index (κ2) is 5.50. The average Bonchev–Trinajstić information content (AvgIpc) is 2.76. The minimum Gasteiger partial charge on any atom is -0.397 e. The fourth-order valence-electron chi connectivity index (χ4n) is 2.17. The number of carbonyl (C=O) groups excluding carboxylic acids is 1. The Kier molecular flexibility index (Phi) is 3.69. The van der Waals surface area contributed by atoms with Crippen LogP contribution in [0.1, 0.15) is 15.2 Å². The van der Waals surface area contributed by atoms with E-state index in [1.54, 1.807) is 0 Å². The number of nitrogens with one attached hydrogen (secondary N) is 1. The van der Waals surface area contributed by atoms with Crippen LogP contribution in [0.3, 0.4) is 0 Å². The van der Waals surface area contributed by atoms with Gasteiger partial charge in [0.25, 0.3) is 5.91 Å². The molecule has 0 aliphatic carbocycles. The van der Waals surface area contributed by atoms with E-state index < -0.39 is 0 Å². The Labute approximate surface area is 134 Å². The van der Waals surface area contributed by atoms with Crippen molar-refractivity contribution >= 4 is 54.6 Å². The highest BCUT2D eigenvalue weighted by Gasteiger charge is 2.16. The lowest BCUT2D eigenvalue weighted by molar-refractivity contribution is 0.103. The number of rotatable bonds is 2. The van der Waals surface area contributed by atoms with Crippen molar-refractivity contribution in [3.63, 3.8) is 0 Å². The number of nitrogen functional groups attached to an aromatic ring is 1. The summed E-state index contributed by atoms with van der Waals surface area (Å²) in [5.41, 5.74) is 8.52. The van der Waals surface area contributed by atoms with Crippen LogP contribution in [0.25, 0.3) is 10.1 Å². The molecule has 0 unspecified atom stereocenters. The monoisotopic (exact) mass is 360 g/mol. The number of fused-ring (bicyclic) bond motifs is 1. The van der Waals surface area contributed by atoms with Crippen molar-refractivity contribution in [2.24, 2.45) is 0 Å². The molecule has 3 nitrogen and oxygen atoms in total. The third kappa shape index (κ3) is 2.80. The highest BCUT2D eigenvalue weighted by Crippen LogP contribution is 2.35. The molecule has 0 aliphatic rings. The topological polar surface area (TPSA) is 55.1 Å². The molecule has 0 atom stereocenters. The van der Waals surface area contributed by atoms with Crippen LogP contribution in [0, 0.1) is 6.92 Å². The quantitative estimate of drug-likeness (QED) is 0.688. The summed E-state index contributed by atoms with van der Waals surface area (Å²) < 4.78 is 1.95. The van der Waals surface area contributed by atoms with Crippen LogP contribution in [0.5, 0.6) is 0 Å². The summed E-state index contributed by atoms with van der Waals surface area (Å²) in [5.74, 6) is -0.171. The highest BCUT2D eigenvalue weighted by atomic mass is 79.9. The predicted octanol–water partition coefficient (Wildman–Crippen LogP) is 4.81. The largest absolute Gasteiger partial charge is 0.397 e. The molecule has 2 aromatic carbocycles. The first kappa shape index (κ1) is 14.1. The number of nitrogens with two attached hydrogens (primary N) is 1. The lowest BCUT2D eigenvalue weighted by Crippen LogP contribution is -2.11. The molecule has 1 aromatic heterocycles. The van der Waals surface area contributed by atoms with Gasteiger partial charge in [0.2, 0.25) is 0 Å². The van der Waals surface area contributed by atoms with E-state index in [1.165, 1.54) is 11.3 Å². The van der Waals surface area contributed by atoms with Crippen molar-refractivity contribution in [1.29, 1.82) is 0 Å². The number of hydrogen-bond acceptors (Lipinski definition) is 3. The first-order valence-corrected chi connectivity index (χ1v) is 8.01. The average molecular weight is 361 g/mol. The zero-order valence-corrected chi connectivity index (χ0v) is 13.7. The number of amides is 1. The Morgan fingerprint density at radius 3 is 2.81 bits per heavy atom. The number of halogens is 1. The molecule has 3 rings (SSSR count). The molecule has 1 amide bonds. The van der Waals surface area contributed by atoms with Gasteiger partial charge in [0.05, 0.1) is 5.69 Å². The van der Waals surface area contributed by atoms with Crippen LogP contribution in [0.2, 0.25) is 0 Å². The normalized spacial score (nSPS) is 10.8. The predicted molar refractivity (Wildman–Crippen MR) is 93.1 cm³/mol. The van der Waals surface area contributed by atoms with Crippen LogP contribution in [0.4, 0.5) is 11.4 Å². The maximum absolute atomic E-state index is 12.4.